The number of non-ortho nitro benzene ring substituents is 1. The van der Waals surface area contributed by atoms with E-state index in [1.54, 1.807) is 19.9 Å². The fourth-order valence-electron chi connectivity index (χ4n) is 3.25. The van der Waals surface area contributed by atoms with Crippen molar-refractivity contribution < 1.29 is 24.0 Å². The molecule has 0 spiro atoms. The Balaban J connectivity index is 2.54. The molecule has 1 aromatic rings. The third kappa shape index (κ3) is 4.51. The number of carbonyl (C=O) groups excluding carboxylic acids is 3. The van der Waals surface area contributed by atoms with Gasteiger partial charge in [-0.05, 0) is 33.3 Å². The number of nitro benzene ring substituents is 1. The summed E-state index contributed by atoms with van der Waals surface area (Å²) >= 11 is 0. The van der Waals surface area contributed by atoms with Gasteiger partial charge in [0.05, 0.1) is 17.1 Å². The number of nitrogens with zero attached hydrogens (tertiary/aromatic N) is 1. The largest absolute Gasteiger partial charge is 0.462 e. The Labute approximate surface area is 162 Å². The summed E-state index contributed by atoms with van der Waals surface area (Å²) in [5, 5.41) is 14.2. The maximum atomic E-state index is 12.8. The predicted molar refractivity (Wildman–Crippen MR) is 101 cm³/mol. The van der Waals surface area contributed by atoms with Gasteiger partial charge in [0.25, 0.3) is 5.69 Å². The second kappa shape index (κ2) is 8.60. The van der Waals surface area contributed by atoms with Crippen molar-refractivity contribution in [2.24, 2.45) is 0 Å². The minimum atomic E-state index is -0.802. The monoisotopic (exact) mass is 386 g/mol. The number of rotatable bonds is 7. The molecule has 0 aliphatic carbocycles. The van der Waals surface area contributed by atoms with E-state index in [2.05, 4.69) is 5.32 Å². The molecular weight excluding hydrogens is 364 g/mol. The molecule has 2 rings (SSSR count). The van der Waals surface area contributed by atoms with E-state index in [4.69, 9.17) is 4.74 Å². The molecule has 1 aliphatic heterocycles. The molecule has 0 saturated carbocycles. The highest BCUT2D eigenvalue weighted by Gasteiger charge is 2.36. The SMILES string of the molecule is CC(=O)CCOC(=O)C1=C(C)NC(C)=C(C(C)=O)C1c1cccc([N+](=O)[O-])c1. The summed E-state index contributed by atoms with van der Waals surface area (Å²) in [6, 6.07) is 5.84. The lowest BCUT2D eigenvalue weighted by Gasteiger charge is -2.30. The van der Waals surface area contributed by atoms with Gasteiger partial charge in [-0.25, -0.2) is 4.79 Å². The van der Waals surface area contributed by atoms with Crippen molar-refractivity contribution in [2.45, 2.75) is 40.0 Å². The summed E-state index contributed by atoms with van der Waals surface area (Å²) < 4.78 is 5.23. The zero-order valence-electron chi connectivity index (χ0n) is 16.2. The Morgan fingerprint density at radius 2 is 1.79 bits per heavy atom. The fourth-order valence-corrected chi connectivity index (χ4v) is 3.25. The average molecular weight is 386 g/mol. The van der Waals surface area contributed by atoms with Gasteiger partial charge in [0, 0.05) is 41.4 Å². The van der Waals surface area contributed by atoms with Crippen molar-refractivity contribution >= 4 is 23.2 Å². The highest BCUT2D eigenvalue weighted by molar-refractivity contribution is 6.02. The number of hydrogen-bond donors (Lipinski definition) is 1. The normalized spacial score (nSPS) is 16.5. The lowest BCUT2D eigenvalue weighted by atomic mass is 9.79. The Morgan fingerprint density at radius 1 is 1.14 bits per heavy atom. The number of Topliss-reactive ketones (excluding diaryl/α,β-unsaturated/α-hetero) is 2. The van der Waals surface area contributed by atoms with Gasteiger partial charge in [-0.1, -0.05) is 12.1 Å². The summed E-state index contributed by atoms with van der Waals surface area (Å²) in [5.74, 6) is -1.85. The standard InChI is InChI=1S/C20H22N2O6/c1-11(23)8-9-28-20(25)18-13(3)21-12(2)17(14(4)24)19(18)15-6-5-7-16(10-15)22(26)27/h5-7,10,19,21H,8-9H2,1-4H3. The van der Waals surface area contributed by atoms with Crippen LogP contribution in [0.3, 0.4) is 0 Å². The molecule has 0 fully saturated rings. The molecule has 8 heteroatoms. The van der Waals surface area contributed by atoms with Crippen LogP contribution in [0.1, 0.15) is 45.6 Å². The minimum absolute atomic E-state index is 0.0787. The number of nitro groups is 1. The molecule has 1 N–H and O–H groups in total. The predicted octanol–water partition coefficient (Wildman–Crippen LogP) is 2.94. The van der Waals surface area contributed by atoms with E-state index >= 15 is 0 Å². The number of carbonyl (C=O) groups is 3. The summed E-state index contributed by atoms with van der Waals surface area (Å²) in [6.45, 7) is 6.08. The molecule has 28 heavy (non-hydrogen) atoms. The molecule has 0 bridgehead atoms. The third-order valence-electron chi connectivity index (χ3n) is 4.46. The Kier molecular flexibility index (Phi) is 6.45. The number of ketones is 2. The van der Waals surface area contributed by atoms with Crippen molar-refractivity contribution in [3.8, 4) is 0 Å². The number of ether oxygens (including phenoxy) is 1. The number of nitrogens with one attached hydrogen (secondary N) is 1. The molecule has 1 aromatic carbocycles. The summed E-state index contributed by atoms with van der Waals surface area (Å²) in [7, 11) is 0. The van der Waals surface area contributed by atoms with Crippen molar-refractivity contribution in [2.75, 3.05) is 6.61 Å². The van der Waals surface area contributed by atoms with Crippen LogP contribution in [0.5, 0.6) is 0 Å². The maximum Gasteiger partial charge on any atom is 0.336 e. The van der Waals surface area contributed by atoms with E-state index in [1.807, 2.05) is 0 Å². The molecule has 1 heterocycles. The van der Waals surface area contributed by atoms with Crippen LogP contribution in [-0.2, 0) is 19.1 Å². The molecule has 0 amide bonds. The van der Waals surface area contributed by atoms with Gasteiger partial charge in [0.2, 0.25) is 0 Å². The molecule has 0 saturated heterocycles. The van der Waals surface area contributed by atoms with Crippen molar-refractivity contribution in [3.63, 3.8) is 0 Å². The Morgan fingerprint density at radius 3 is 2.36 bits per heavy atom. The Bertz CT molecular complexity index is 913. The van der Waals surface area contributed by atoms with Crippen LogP contribution in [0.2, 0.25) is 0 Å². The summed E-state index contributed by atoms with van der Waals surface area (Å²) in [5.41, 5.74) is 1.90. The third-order valence-corrected chi connectivity index (χ3v) is 4.46. The van der Waals surface area contributed by atoms with Crippen molar-refractivity contribution in [3.05, 3.63) is 62.5 Å². The summed E-state index contributed by atoms with van der Waals surface area (Å²) in [6.07, 6.45) is 0.0847. The summed E-state index contributed by atoms with van der Waals surface area (Å²) in [4.78, 5) is 46.9. The van der Waals surface area contributed by atoms with Crippen LogP contribution >= 0.6 is 0 Å². The van der Waals surface area contributed by atoms with Gasteiger partial charge in [0.15, 0.2) is 5.78 Å². The lowest BCUT2D eigenvalue weighted by Crippen LogP contribution is -2.31. The first-order chi connectivity index (χ1) is 13.1. The molecule has 1 unspecified atom stereocenters. The molecule has 8 nitrogen and oxygen atoms in total. The van der Waals surface area contributed by atoms with Gasteiger partial charge in [-0.3, -0.25) is 19.7 Å². The van der Waals surface area contributed by atoms with E-state index in [0.29, 0.717) is 22.5 Å². The van der Waals surface area contributed by atoms with Crippen LogP contribution in [0.4, 0.5) is 5.69 Å². The van der Waals surface area contributed by atoms with Gasteiger partial charge in [-0.15, -0.1) is 0 Å². The van der Waals surface area contributed by atoms with E-state index < -0.39 is 16.8 Å². The van der Waals surface area contributed by atoms with Crippen LogP contribution in [-0.4, -0.2) is 29.1 Å². The number of hydrogen-bond acceptors (Lipinski definition) is 7. The minimum Gasteiger partial charge on any atom is -0.462 e. The maximum absolute atomic E-state index is 12.8. The van der Waals surface area contributed by atoms with E-state index in [-0.39, 0.29) is 35.9 Å². The first-order valence-corrected chi connectivity index (χ1v) is 8.73. The highest BCUT2D eigenvalue weighted by atomic mass is 16.6. The van der Waals surface area contributed by atoms with Gasteiger partial charge in [0.1, 0.15) is 5.78 Å². The number of dihydropyridines is 1. The average Bonchev–Trinajstić information content (AvgIpc) is 2.60. The molecular formula is C20H22N2O6. The second-order valence-corrected chi connectivity index (χ2v) is 6.63. The molecule has 0 radical (unpaired) electrons. The first kappa shape index (κ1) is 21.0. The highest BCUT2D eigenvalue weighted by Crippen LogP contribution is 2.39. The Hall–Kier alpha value is -3.29. The van der Waals surface area contributed by atoms with Gasteiger partial charge in [-0.2, -0.15) is 0 Å². The zero-order valence-corrected chi connectivity index (χ0v) is 16.2. The molecule has 148 valence electrons. The number of benzene rings is 1. The van der Waals surface area contributed by atoms with Crippen molar-refractivity contribution in [1.29, 1.82) is 0 Å². The van der Waals surface area contributed by atoms with Crippen molar-refractivity contribution in [1.82, 2.24) is 5.32 Å². The number of allylic oxidation sites excluding steroid dienone is 3. The van der Waals surface area contributed by atoms with Crippen LogP contribution < -0.4 is 5.32 Å². The molecule has 1 aliphatic rings. The van der Waals surface area contributed by atoms with Gasteiger partial charge < -0.3 is 10.1 Å². The van der Waals surface area contributed by atoms with E-state index in [9.17, 15) is 24.5 Å². The smallest absolute Gasteiger partial charge is 0.336 e. The second-order valence-electron chi connectivity index (χ2n) is 6.63. The van der Waals surface area contributed by atoms with E-state index in [0.717, 1.165) is 0 Å². The fraction of sp³-hybridized carbons (Fsp3) is 0.350. The molecule has 0 aromatic heterocycles. The van der Waals surface area contributed by atoms with Crippen LogP contribution in [0.25, 0.3) is 0 Å². The van der Waals surface area contributed by atoms with Gasteiger partial charge >= 0.3 is 5.97 Å². The lowest BCUT2D eigenvalue weighted by molar-refractivity contribution is -0.384. The first-order valence-electron chi connectivity index (χ1n) is 8.73. The topological polar surface area (TPSA) is 116 Å². The van der Waals surface area contributed by atoms with Crippen LogP contribution in [0, 0.1) is 10.1 Å². The molecule has 1 atom stereocenters. The number of esters is 1. The van der Waals surface area contributed by atoms with E-state index in [1.165, 1.54) is 32.0 Å². The quantitative estimate of drug-likeness (QED) is 0.435. The van der Waals surface area contributed by atoms with Crippen LogP contribution in [0.15, 0.2) is 46.8 Å². The zero-order chi connectivity index (χ0) is 21.0.